The van der Waals surface area contributed by atoms with Crippen LogP contribution in [0.4, 0.5) is 5.82 Å². The van der Waals surface area contributed by atoms with Crippen LogP contribution in [-0.4, -0.2) is 35.4 Å². The van der Waals surface area contributed by atoms with Gasteiger partial charge in [0.15, 0.2) is 0 Å². The Balaban J connectivity index is 1.89. The number of fused-ring (bicyclic) bond motifs is 1. The van der Waals surface area contributed by atoms with Crippen molar-refractivity contribution in [2.24, 2.45) is 0 Å². The number of pyridine rings is 1. The molecule has 0 spiro atoms. The van der Waals surface area contributed by atoms with Crippen LogP contribution in [0.1, 0.15) is 18.4 Å². The molecule has 1 amide bonds. The summed E-state index contributed by atoms with van der Waals surface area (Å²) in [5, 5.41) is 13.6. The number of carbonyl (C=O) groups is 1. The molecule has 0 saturated carbocycles. The number of likely N-dealkylation sites (N-methyl/N-ethyl adjacent to an activating group) is 1. The highest BCUT2D eigenvalue weighted by atomic mass is 16.2. The van der Waals surface area contributed by atoms with Crippen molar-refractivity contribution in [2.75, 3.05) is 18.9 Å². The molecule has 1 fully saturated rings. The van der Waals surface area contributed by atoms with Crippen molar-refractivity contribution in [3.8, 4) is 6.07 Å². The minimum Gasteiger partial charge on any atom is -0.364 e. The van der Waals surface area contributed by atoms with Crippen molar-refractivity contribution >= 4 is 22.6 Å². The van der Waals surface area contributed by atoms with E-state index in [0.29, 0.717) is 24.3 Å². The van der Waals surface area contributed by atoms with Crippen molar-refractivity contribution in [3.63, 3.8) is 0 Å². The molecule has 1 aromatic heterocycles. The molecule has 1 atom stereocenters. The zero-order chi connectivity index (χ0) is 14.8. The van der Waals surface area contributed by atoms with E-state index in [1.165, 1.54) is 0 Å². The average Bonchev–Trinajstić information content (AvgIpc) is 2.50. The first-order valence-corrected chi connectivity index (χ1v) is 6.98. The number of hydrogen-bond donors (Lipinski definition) is 1. The van der Waals surface area contributed by atoms with E-state index in [2.05, 4.69) is 16.4 Å². The molecule has 2 aromatic rings. The summed E-state index contributed by atoms with van der Waals surface area (Å²) < 4.78 is 0. The molecule has 106 valence electrons. The van der Waals surface area contributed by atoms with Gasteiger partial charge in [-0.3, -0.25) is 4.79 Å². The van der Waals surface area contributed by atoms with E-state index in [-0.39, 0.29) is 11.9 Å². The third-order valence-corrected chi connectivity index (χ3v) is 3.81. The molecule has 1 saturated heterocycles. The fourth-order valence-corrected chi connectivity index (χ4v) is 2.63. The van der Waals surface area contributed by atoms with Crippen LogP contribution in [0.2, 0.25) is 0 Å². The summed E-state index contributed by atoms with van der Waals surface area (Å²) in [6.45, 7) is 0.637. The lowest BCUT2D eigenvalue weighted by atomic mass is 10.1. The topological polar surface area (TPSA) is 69.0 Å². The highest BCUT2D eigenvalue weighted by Crippen LogP contribution is 2.22. The van der Waals surface area contributed by atoms with Gasteiger partial charge in [-0.25, -0.2) is 4.98 Å². The maximum absolute atomic E-state index is 11.5. The first-order valence-electron chi connectivity index (χ1n) is 6.98. The number of nitrogens with one attached hydrogen (secondary N) is 1. The summed E-state index contributed by atoms with van der Waals surface area (Å²) in [4.78, 5) is 17.8. The van der Waals surface area contributed by atoms with E-state index in [1.54, 1.807) is 11.9 Å². The number of piperidine rings is 1. The molecule has 1 aliphatic rings. The molecule has 0 radical (unpaired) electrons. The van der Waals surface area contributed by atoms with Crippen LogP contribution < -0.4 is 5.32 Å². The van der Waals surface area contributed by atoms with Crippen molar-refractivity contribution in [1.82, 2.24) is 9.88 Å². The Morgan fingerprint density at radius 3 is 3.00 bits per heavy atom. The zero-order valence-electron chi connectivity index (χ0n) is 11.8. The highest BCUT2D eigenvalue weighted by molar-refractivity contribution is 5.83. The SMILES string of the molecule is CN1CC(Nc2nc3ccccc3cc2C#N)CCC1=O. The zero-order valence-corrected chi connectivity index (χ0v) is 11.8. The molecule has 3 rings (SSSR count). The van der Waals surface area contributed by atoms with Gasteiger partial charge in [-0.1, -0.05) is 18.2 Å². The van der Waals surface area contributed by atoms with E-state index >= 15 is 0 Å². The molecule has 2 heterocycles. The molecule has 1 aromatic carbocycles. The van der Waals surface area contributed by atoms with Gasteiger partial charge in [0.25, 0.3) is 0 Å². The third-order valence-electron chi connectivity index (χ3n) is 3.81. The second kappa shape index (κ2) is 5.41. The van der Waals surface area contributed by atoms with Crippen LogP contribution in [0.25, 0.3) is 10.9 Å². The van der Waals surface area contributed by atoms with Gasteiger partial charge in [0.1, 0.15) is 11.9 Å². The fourth-order valence-electron chi connectivity index (χ4n) is 2.63. The predicted molar refractivity (Wildman–Crippen MR) is 80.7 cm³/mol. The molecule has 0 aliphatic carbocycles. The molecule has 1 aliphatic heterocycles. The monoisotopic (exact) mass is 280 g/mol. The first kappa shape index (κ1) is 13.4. The molecule has 1 N–H and O–H groups in total. The number of anilines is 1. The van der Waals surface area contributed by atoms with Crippen molar-refractivity contribution < 1.29 is 4.79 Å². The second-order valence-corrected chi connectivity index (χ2v) is 5.34. The standard InChI is InChI=1S/C16H16N4O/c1-20-10-13(6-7-15(20)21)18-16-12(9-17)8-11-4-2-3-5-14(11)19-16/h2-5,8,13H,6-7,10H2,1H3,(H,18,19). The largest absolute Gasteiger partial charge is 0.364 e. The van der Waals surface area contributed by atoms with E-state index < -0.39 is 0 Å². The Bertz CT molecular complexity index is 735. The summed E-state index contributed by atoms with van der Waals surface area (Å²) in [7, 11) is 1.80. The van der Waals surface area contributed by atoms with Gasteiger partial charge in [-0.05, 0) is 18.6 Å². The van der Waals surface area contributed by atoms with Crippen molar-refractivity contribution in [2.45, 2.75) is 18.9 Å². The summed E-state index contributed by atoms with van der Waals surface area (Å²) >= 11 is 0. The maximum Gasteiger partial charge on any atom is 0.222 e. The van der Waals surface area contributed by atoms with E-state index in [1.807, 2.05) is 30.3 Å². The number of likely N-dealkylation sites (tertiary alicyclic amines) is 1. The minimum absolute atomic E-state index is 0.133. The Labute approximate surface area is 123 Å². The Morgan fingerprint density at radius 1 is 1.43 bits per heavy atom. The van der Waals surface area contributed by atoms with Crippen LogP contribution in [0, 0.1) is 11.3 Å². The highest BCUT2D eigenvalue weighted by Gasteiger charge is 2.23. The van der Waals surface area contributed by atoms with Gasteiger partial charge in [-0.2, -0.15) is 5.26 Å². The van der Waals surface area contributed by atoms with Gasteiger partial charge < -0.3 is 10.2 Å². The number of hydrogen-bond acceptors (Lipinski definition) is 4. The predicted octanol–water partition coefficient (Wildman–Crippen LogP) is 2.14. The molecule has 5 heteroatoms. The van der Waals surface area contributed by atoms with Crippen molar-refractivity contribution in [3.05, 3.63) is 35.9 Å². The average molecular weight is 280 g/mol. The van der Waals surface area contributed by atoms with Gasteiger partial charge in [0, 0.05) is 31.4 Å². The van der Waals surface area contributed by atoms with E-state index in [9.17, 15) is 10.1 Å². The van der Waals surface area contributed by atoms with Gasteiger partial charge in [0.05, 0.1) is 11.1 Å². The lowest BCUT2D eigenvalue weighted by Gasteiger charge is -2.30. The second-order valence-electron chi connectivity index (χ2n) is 5.34. The number of aromatic nitrogens is 1. The minimum atomic E-state index is 0.133. The molecule has 5 nitrogen and oxygen atoms in total. The summed E-state index contributed by atoms with van der Waals surface area (Å²) in [5.74, 6) is 0.768. The van der Waals surface area contributed by atoms with E-state index in [4.69, 9.17) is 0 Å². The first-order chi connectivity index (χ1) is 10.2. The van der Waals surface area contributed by atoms with Crippen LogP contribution >= 0.6 is 0 Å². The number of amides is 1. The summed E-state index contributed by atoms with van der Waals surface area (Å²) in [5.41, 5.74) is 1.40. The summed E-state index contributed by atoms with van der Waals surface area (Å²) in [6, 6.07) is 11.9. The smallest absolute Gasteiger partial charge is 0.222 e. The van der Waals surface area contributed by atoms with Crippen LogP contribution in [0.3, 0.4) is 0 Å². The normalized spacial score (nSPS) is 18.6. The molecule has 21 heavy (non-hydrogen) atoms. The Morgan fingerprint density at radius 2 is 2.24 bits per heavy atom. The van der Waals surface area contributed by atoms with Crippen LogP contribution in [0.15, 0.2) is 30.3 Å². The summed E-state index contributed by atoms with van der Waals surface area (Å²) in [6.07, 6.45) is 1.30. The lowest BCUT2D eigenvalue weighted by molar-refractivity contribution is -0.132. The van der Waals surface area contributed by atoms with Crippen LogP contribution in [0.5, 0.6) is 0 Å². The number of rotatable bonds is 2. The van der Waals surface area contributed by atoms with E-state index in [0.717, 1.165) is 17.3 Å². The van der Waals surface area contributed by atoms with Crippen molar-refractivity contribution in [1.29, 1.82) is 5.26 Å². The lowest BCUT2D eigenvalue weighted by Crippen LogP contribution is -2.43. The molecular formula is C16H16N4O. The number of carbonyl (C=O) groups excluding carboxylic acids is 1. The molecule has 0 bridgehead atoms. The Kier molecular flexibility index (Phi) is 3.44. The van der Waals surface area contributed by atoms with Gasteiger partial charge in [0.2, 0.25) is 5.91 Å². The fraction of sp³-hybridized carbons (Fsp3) is 0.312. The van der Waals surface area contributed by atoms with Gasteiger partial charge in [-0.15, -0.1) is 0 Å². The Hall–Kier alpha value is -2.61. The molecular weight excluding hydrogens is 264 g/mol. The quantitative estimate of drug-likeness (QED) is 0.915. The number of nitriles is 1. The molecule has 1 unspecified atom stereocenters. The maximum atomic E-state index is 11.5. The van der Waals surface area contributed by atoms with Gasteiger partial charge >= 0.3 is 0 Å². The number of benzene rings is 1. The van der Waals surface area contributed by atoms with Crippen LogP contribution in [-0.2, 0) is 4.79 Å². The third kappa shape index (κ3) is 2.65. The number of nitrogens with zero attached hydrogens (tertiary/aromatic N) is 3. The number of para-hydroxylation sites is 1.